The van der Waals surface area contributed by atoms with Gasteiger partial charge in [0.15, 0.2) is 0 Å². The van der Waals surface area contributed by atoms with Gasteiger partial charge in [-0.15, -0.1) is 0 Å². The summed E-state index contributed by atoms with van der Waals surface area (Å²) in [6.45, 7) is 10.7. The number of carbonyl (C=O) groups excluding carboxylic acids is 1. The van der Waals surface area contributed by atoms with Crippen LogP contribution in [-0.2, 0) is 4.74 Å². The van der Waals surface area contributed by atoms with Gasteiger partial charge in [0.05, 0.1) is 6.54 Å². The smallest absolute Gasteiger partial charge is 0.410 e. The maximum Gasteiger partial charge on any atom is 0.410 e. The van der Waals surface area contributed by atoms with Gasteiger partial charge >= 0.3 is 6.09 Å². The highest BCUT2D eigenvalue weighted by atomic mass is 32.1. The highest BCUT2D eigenvalue weighted by Crippen LogP contribution is 2.21. The lowest BCUT2D eigenvalue weighted by Crippen LogP contribution is -2.36. The van der Waals surface area contributed by atoms with Crippen molar-refractivity contribution in [3.63, 3.8) is 0 Å². The molecule has 1 atom stereocenters. The highest BCUT2D eigenvalue weighted by molar-refractivity contribution is 7.59. The number of amides is 1. The van der Waals surface area contributed by atoms with Crippen molar-refractivity contribution in [3.05, 3.63) is 23.5 Å². The first-order chi connectivity index (χ1) is 9.73. The van der Waals surface area contributed by atoms with Crippen LogP contribution >= 0.6 is 13.5 Å². The first-order valence-corrected chi connectivity index (χ1v) is 7.33. The van der Waals surface area contributed by atoms with E-state index in [0.717, 1.165) is 23.6 Å². The van der Waals surface area contributed by atoms with E-state index in [1.165, 1.54) is 0 Å². The molecule has 1 amide bonds. The normalized spacial score (nSPS) is 17.9. The molecule has 22 heavy (non-hydrogen) atoms. The Morgan fingerprint density at radius 2 is 1.86 bits per heavy atom. The molecule has 2 rings (SSSR count). The Hall–Kier alpha value is -1.43. The molecule has 0 radical (unpaired) electrons. The summed E-state index contributed by atoms with van der Waals surface area (Å²) in [7, 11) is 0. The molecular weight excluding hydrogens is 300 g/mol. The molecule has 124 valence electrons. The summed E-state index contributed by atoms with van der Waals surface area (Å²) in [4.78, 5) is 18.0. The molecule has 1 saturated heterocycles. The SMILES string of the molecule is Cc1cc(O[C@H]2CCN(C(=O)OC(C)(C)C)C2)cc(C)n1.S. The molecular formula is C16H26N2O3S. The number of ether oxygens (including phenoxy) is 2. The minimum atomic E-state index is -0.463. The van der Waals surface area contributed by atoms with Crippen LogP contribution in [0.2, 0.25) is 0 Å². The van der Waals surface area contributed by atoms with E-state index in [0.29, 0.717) is 13.1 Å². The molecule has 0 N–H and O–H groups in total. The molecule has 1 fully saturated rings. The number of hydrogen-bond acceptors (Lipinski definition) is 4. The molecule has 1 aromatic heterocycles. The first-order valence-electron chi connectivity index (χ1n) is 7.33. The van der Waals surface area contributed by atoms with Crippen molar-refractivity contribution in [1.82, 2.24) is 9.88 Å². The van der Waals surface area contributed by atoms with Crippen LogP contribution in [0.4, 0.5) is 4.79 Å². The summed E-state index contributed by atoms with van der Waals surface area (Å²) < 4.78 is 11.3. The van der Waals surface area contributed by atoms with Crippen LogP contribution in [0.5, 0.6) is 5.75 Å². The third kappa shape index (κ3) is 5.40. The third-order valence-corrected chi connectivity index (χ3v) is 3.15. The number of nitrogens with zero attached hydrogens (tertiary/aromatic N) is 2. The second kappa shape index (κ2) is 7.22. The Morgan fingerprint density at radius 1 is 1.27 bits per heavy atom. The van der Waals surface area contributed by atoms with Crippen LogP contribution < -0.4 is 4.74 Å². The van der Waals surface area contributed by atoms with Gasteiger partial charge in [0.1, 0.15) is 17.5 Å². The zero-order valence-corrected chi connectivity index (χ0v) is 15.0. The number of aromatic nitrogens is 1. The highest BCUT2D eigenvalue weighted by Gasteiger charge is 2.30. The fraction of sp³-hybridized carbons (Fsp3) is 0.625. The van der Waals surface area contributed by atoms with E-state index < -0.39 is 5.60 Å². The summed E-state index contributed by atoms with van der Waals surface area (Å²) in [5.41, 5.74) is 1.41. The largest absolute Gasteiger partial charge is 0.488 e. The van der Waals surface area contributed by atoms with Gasteiger partial charge in [-0.25, -0.2) is 4.79 Å². The van der Waals surface area contributed by atoms with Crippen LogP contribution in [0.1, 0.15) is 38.6 Å². The number of aryl methyl sites for hydroxylation is 2. The van der Waals surface area contributed by atoms with Crippen molar-refractivity contribution in [1.29, 1.82) is 0 Å². The van der Waals surface area contributed by atoms with Crippen LogP contribution in [-0.4, -0.2) is 40.8 Å². The van der Waals surface area contributed by atoms with Crippen molar-refractivity contribution in [2.75, 3.05) is 13.1 Å². The van der Waals surface area contributed by atoms with Crippen molar-refractivity contribution in [3.8, 4) is 5.75 Å². The van der Waals surface area contributed by atoms with Gasteiger partial charge in [0, 0.05) is 36.5 Å². The second-order valence-corrected chi connectivity index (χ2v) is 6.54. The first kappa shape index (κ1) is 18.6. The lowest BCUT2D eigenvalue weighted by Gasteiger charge is -2.24. The maximum atomic E-state index is 12.0. The molecule has 0 bridgehead atoms. The topological polar surface area (TPSA) is 51.7 Å². The molecule has 0 unspecified atom stereocenters. The third-order valence-electron chi connectivity index (χ3n) is 3.15. The van der Waals surface area contributed by atoms with Gasteiger partial charge in [-0.3, -0.25) is 4.98 Å². The predicted molar refractivity (Wildman–Crippen MR) is 90.9 cm³/mol. The summed E-state index contributed by atoms with van der Waals surface area (Å²) in [5, 5.41) is 0. The lowest BCUT2D eigenvalue weighted by atomic mass is 10.2. The average molecular weight is 326 g/mol. The van der Waals surface area contributed by atoms with E-state index >= 15 is 0 Å². The van der Waals surface area contributed by atoms with Gasteiger partial charge in [-0.2, -0.15) is 13.5 Å². The fourth-order valence-corrected chi connectivity index (χ4v) is 2.37. The fourth-order valence-electron chi connectivity index (χ4n) is 2.37. The maximum absolute atomic E-state index is 12.0. The van der Waals surface area contributed by atoms with E-state index in [-0.39, 0.29) is 25.7 Å². The van der Waals surface area contributed by atoms with E-state index in [4.69, 9.17) is 9.47 Å². The molecule has 1 aliphatic rings. The molecule has 1 aliphatic heterocycles. The number of hydrogen-bond donors (Lipinski definition) is 0. The van der Waals surface area contributed by atoms with Gasteiger partial charge in [0.25, 0.3) is 0 Å². The monoisotopic (exact) mass is 326 g/mol. The van der Waals surface area contributed by atoms with E-state index in [2.05, 4.69) is 4.98 Å². The molecule has 5 nitrogen and oxygen atoms in total. The molecule has 1 aromatic rings. The van der Waals surface area contributed by atoms with E-state index in [1.54, 1.807) is 4.90 Å². The Labute approximate surface area is 139 Å². The summed E-state index contributed by atoms with van der Waals surface area (Å²) in [6.07, 6.45) is 0.564. The number of carbonyl (C=O) groups is 1. The van der Waals surface area contributed by atoms with E-state index in [1.807, 2.05) is 46.8 Å². The zero-order chi connectivity index (χ0) is 15.6. The quantitative estimate of drug-likeness (QED) is 0.837. The van der Waals surface area contributed by atoms with Crippen LogP contribution in [0.3, 0.4) is 0 Å². The summed E-state index contributed by atoms with van der Waals surface area (Å²) >= 11 is 0. The Balaban J connectivity index is 0.00000242. The van der Waals surface area contributed by atoms with Crippen molar-refractivity contribution in [2.24, 2.45) is 0 Å². The van der Waals surface area contributed by atoms with Crippen LogP contribution in [0, 0.1) is 13.8 Å². The van der Waals surface area contributed by atoms with Gasteiger partial charge in [-0.1, -0.05) is 0 Å². The molecule has 0 spiro atoms. The van der Waals surface area contributed by atoms with Crippen molar-refractivity contribution in [2.45, 2.75) is 52.7 Å². The molecule has 2 heterocycles. The Morgan fingerprint density at radius 3 is 2.41 bits per heavy atom. The lowest BCUT2D eigenvalue weighted by molar-refractivity contribution is 0.0275. The van der Waals surface area contributed by atoms with Crippen molar-refractivity contribution < 1.29 is 14.3 Å². The Kier molecular flexibility index (Phi) is 6.11. The molecule has 6 heteroatoms. The molecule has 0 aromatic carbocycles. The summed E-state index contributed by atoms with van der Waals surface area (Å²) in [5.74, 6) is 0.816. The minimum Gasteiger partial charge on any atom is -0.488 e. The Bertz CT molecular complexity index is 508. The van der Waals surface area contributed by atoms with Crippen molar-refractivity contribution >= 4 is 19.6 Å². The van der Waals surface area contributed by atoms with E-state index in [9.17, 15) is 4.79 Å². The molecule has 0 aliphatic carbocycles. The average Bonchev–Trinajstić information content (AvgIpc) is 2.73. The summed E-state index contributed by atoms with van der Waals surface area (Å²) in [6, 6.07) is 3.84. The van der Waals surface area contributed by atoms with Gasteiger partial charge < -0.3 is 14.4 Å². The zero-order valence-electron chi connectivity index (χ0n) is 14.0. The second-order valence-electron chi connectivity index (χ2n) is 6.54. The number of rotatable bonds is 2. The standard InChI is InChI=1S/C16H24N2O3.H2S/c1-11-8-14(9-12(2)17-11)20-13-6-7-18(10-13)15(19)21-16(3,4)5;/h8-9,13H,6-7,10H2,1-5H3;1H2/t13-;/m0./s1. The van der Waals surface area contributed by atoms with Gasteiger partial charge in [-0.05, 0) is 34.6 Å². The molecule has 0 saturated carbocycles. The van der Waals surface area contributed by atoms with Crippen LogP contribution in [0.25, 0.3) is 0 Å². The van der Waals surface area contributed by atoms with Crippen LogP contribution in [0.15, 0.2) is 12.1 Å². The van der Waals surface area contributed by atoms with Gasteiger partial charge in [0.2, 0.25) is 0 Å². The number of pyridine rings is 1. The number of likely N-dealkylation sites (tertiary alicyclic amines) is 1. The minimum absolute atomic E-state index is 0. The predicted octanol–water partition coefficient (Wildman–Crippen LogP) is 3.20.